The van der Waals surface area contributed by atoms with Gasteiger partial charge >= 0.3 is 23.9 Å². The fourth-order valence-electron chi connectivity index (χ4n) is 8.75. The number of carbonyl (C=O) groups is 5. The Balaban J connectivity index is 2.04. The molecule has 4 aliphatic rings. The summed E-state index contributed by atoms with van der Waals surface area (Å²) in [6.07, 6.45) is -4.46. The Morgan fingerprint density at radius 2 is 1.39 bits per heavy atom. The Bertz CT molecular complexity index is 1090. The third-order valence-electron chi connectivity index (χ3n) is 9.72. The van der Waals surface area contributed by atoms with Crippen LogP contribution < -0.4 is 0 Å². The van der Waals surface area contributed by atoms with Crippen LogP contribution in [0, 0.1) is 34.0 Å². The van der Waals surface area contributed by atoms with Gasteiger partial charge in [0.2, 0.25) is 0 Å². The normalized spacial score (nSPS) is 42.8. The standard InChI is InChI=1S/C28H38O10/c1-12-17-9-18(35-13(2)29)22-27(8)19(33)10-20(36-14(3)30)26(6,7)23(27)21(37-15(4)31)25(38-16(5)32)28(22,11-17)24(12)34/h17-23,25,33H,1,9-11H2,2-8H3. The monoisotopic (exact) mass is 534 g/mol. The molecule has 10 atom stereocenters. The van der Waals surface area contributed by atoms with Gasteiger partial charge in [0.25, 0.3) is 0 Å². The van der Waals surface area contributed by atoms with Crippen LogP contribution in [0.3, 0.4) is 0 Å². The number of fused-ring (bicyclic) bond motifs is 3. The summed E-state index contributed by atoms with van der Waals surface area (Å²) >= 11 is 0. The Morgan fingerprint density at radius 1 is 0.842 bits per heavy atom. The van der Waals surface area contributed by atoms with Gasteiger partial charge in [0.05, 0.1) is 11.5 Å². The summed E-state index contributed by atoms with van der Waals surface area (Å²) in [4.78, 5) is 63.5. The highest BCUT2D eigenvalue weighted by atomic mass is 16.6. The molecule has 38 heavy (non-hydrogen) atoms. The van der Waals surface area contributed by atoms with Gasteiger partial charge in [0, 0.05) is 56.8 Å². The third-order valence-corrected chi connectivity index (χ3v) is 9.72. The number of hydrogen-bond acceptors (Lipinski definition) is 10. The third kappa shape index (κ3) is 3.89. The van der Waals surface area contributed by atoms with E-state index in [2.05, 4.69) is 6.58 Å². The lowest BCUT2D eigenvalue weighted by atomic mass is 9.37. The van der Waals surface area contributed by atoms with E-state index in [1.807, 2.05) is 20.8 Å². The highest BCUT2D eigenvalue weighted by Crippen LogP contribution is 2.72. The maximum absolute atomic E-state index is 14.2. The maximum atomic E-state index is 14.2. The molecule has 0 heterocycles. The van der Waals surface area contributed by atoms with Gasteiger partial charge in [-0.3, -0.25) is 24.0 Å². The van der Waals surface area contributed by atoms with Crippen molar-refractivity contribution < 1.29 is 48.0 Å². The smallest absolute Gasteiger partial charge is 0.303 e. The minimum atomic E-state index is -1.44. The Morgan fingerprint density at radius 3 is 1.92 bits per heavy atom. The summed E-state index contributed by atoms with van der Waals surface area (Å²) in [6, 6.07) is 0. The molecule has 1 spiro atoms. The summed E-state index contributed by atoms with van der Waals surface area (Å²) in [5.41, 5.74) is -3.20. The first-order valence-electron chi connectivity index (χ1n) is 13.1. The molecule has 4 saturated carbocycles. The van der Waals surface area contributed by atoms with Crippen LogP contribution in [0.1, 0.15) is 67.7 Å². The number of aliphatic hydroxyl groups is 1. The van der Waals surface area contributed by atoms with Crippen molar-refractivity contribution in [2.75, 3.05) is 0 Å². The van der Waals surface area contributed by atoms with E-state index in [9.17, 15) is 29.1 Å². The molecule has 10 unspecified atom stereocenters. The van der Waals surface area contributed by atoms with Crippen molar-refractivity contribution in [1.29, 1.82) is 0 Å². The number of esters is 4. The van der Waals surface area contributed by atoms with E-state index in [1.165, 1.54) is 27.7 Å². The lowest BCUT2D eigenvalue weighted by Crippen LogP contribution is -2.77. The van der Waals surface area contributed by atoms with Crippen LogP contribution in [0.4, 0.5) is 0 Å². The minimum Gasteiger partial charge on any atom is -0.462 e. The van der Waals surface area contributed by atoms with Crippen molar-refractivity contribution in [2.45, 2.75) is 98.2 Å². The average Bonchev–Trinajstić information content (AvgIpc) is 2.95. The Hall–Kier alpha value is -2.75. The molecule has 0 amide bonds. The largest absolute Gasteiger partial charge is 0.462 e. The number of allylic oxidation sites excluding steroid dienone is 1. The van der Waals surface area contributed by atoms with Crippen molar-refractivity contribution in [2.24, 2.45) is 34.0 Å². The second-order valence-electron chi connectivity index (χ2n) is 12.3. The van der Waals surface area contributed by atoms with Crippen molar-refractivity contribution >= 4 is 29.7 Å². The van der Waals surface area contributed by atoms with E-state index in [0.717, 1.165) is 0 Å². The van der Waals surface area contributed by atoms with Crippen LogP contribution in [0.15, 0.2) is 12.2 Å². The fraction of sp³-hybridized carbons (Fsp3) is 0.750. The lowest BCUT2D eigenvalue weighted by Gasteiger charge is -2.69. The molecule has 2 bridgehead atoms. The van der Waals surface area contributed by atoms with Crippen molar-refractivity contribution in [3.63, 3.8) is 0 Å². The van der Waals surface area contributed by atoms with Gasteiger partial charge in [-0.25, -0.2) is 0 Å². The molecule has 0 aromatic carbocycles. The van der Waals surface area contributed by atoms with E-state index in [-0.39, 0.29) is 24.5 Å². The summed E-state index contributed by atoms with van der Waals surface area (Å²) in [6.45, 7) is 14.5. The maximum Gasteiger partial charge on any atom is 0.303 e. The summed E-state index contributed by atoms with van der Waals surface area (Å²) < 4.78 is 23.3. The summed E-state index contributed by atoms with van der Waals surface area (Å²) in [7, 11) is 0. The van der Waals surface area contributed by atoms with Crippen molar-refractivity contribution in [1.82, 2.24) is 0 Å². The van der Waals surface area contributed by atoms with Gasteiger partial charge in [0.15, 0.2) is 11.9 Å². The lowest BCUT2D eigenvalue weighted by molar-refractivity contribution is -0.309. The summed E-state index contributed by atoms with van der Waals surface area (Å²) in [5, 5.41) is 11.9. The predicted molar refractivity (Wildman–Crippen MR) is 131 cm³/mol. The zero-order valence-corrected chi connectivity index (χ0v) is 23.1. The highest BCUT2D eigenvalue weighted by molar-refractivity contribution is 6.04. The first-order chi connectivity index (χ1) is 17.5. The molecule has 4 aliphatic carbocycles. The number of rotatable bonds is 4. The second kappa shape index (κ2) is 9.17. The molecule has 0 aromatic heterocycles. The highest BCUT2D eigenvalue weighted by Gasteiger charge is 2.80. The van der Waals surface area contributed by atoms with Crippen LogP contribution in [0.5, 0.6) is 0 Å². The molecular weight excluding hydrogens is 496 g/mol. The quantitative estimate of drug-likeness (QED) is 0.324. The first-order valence-corrected chi connectivity index (χ1v) is 13.1. The van der Waals surface area contributed by atoms with Crippen molar-refractivity contribution in [3.05, 3.63) is 12.2 Å². The Kier molecular flexibility index (Phi) is 6.82. The van der Waals surface area contributed by atoms with Gasteiger partial charge in [0.1, 0.15) is 18.3 Å². The van der Waals surface area contributed by atoms with Crippen LogP contribution >= 0.6 is 0 Å². The molecule has 4 fully saturated rings. The molecule has 4 rings (SSSR count). The number of ether oxygens (including phenoxy) is 4. The molecule has 10 heteroatoms. The molecule has 0 radical (unpaired) electrons. The molecule has 0 aromatic rings. The van der Waals surface area contributed by atoms with Gasteiger partial charge in [-0.05, 0) is 24.3 Å². The first kappa shape index (κ1) is 28.3. The van der Waals surface area contributed by atoms with E-state index in [4.69, 9.17) is 18.9 Å². The van der Waals surface area contributed by atoms with E-state index in [0.29, 0.717) is 12.0 Å². The zero-order valence-electron chi connectivity index (χ0n) is 23.1. The van der Waals surface area contributed by atoms with Gasteiger partial charge in [-0.1, -0.05) is 27.4 Å². The average molecular weight is 535 g/mol. The van der Waals surface area contributed by atoms with Crippen LogP contribution in [0.2, 0.25) is 0 Å². The minimum absolute atomic E-state index is 0.0581. The Labute approximate surface area is 222 Å². The van der Waals surface area contributed by atoms with E-state index >= 15 is 0 Å². The van der Waals surface area contributed by atoms with Crippen LogP contribution in [0.25, 0.3) is 0 Å². The van der Waals surface area contributed by atoms with Crippen LogP contribution in [-0.4, -0.2) is 65.3 Å². The number of Topliss-reactive ketones (excluding diaryl/α,β-unsaturated/α-hetero) is 1. The molecule has 0 saturated heterocycles. The van der Waals surface area contributed by atoms with Gasteiger partial charge in [-0.2, -0.15) is 0 Å². The summed E-state index contributed by atoms with van der Waals surface area (Å²) in [5.74, 6) is -4.63. The van der Waals surface area contributed by atoms with Crippen molar-refractivity contribution in [3.8, 4) is 0 Å². The second-order valence-corrected chi connectivity index (χ2v) is 12.3. The topological polar surface area (TPSA) is 143 Å². The number of hydrogen-bond donors (Lipinski definition) is 1. The number of ketones is 1. The fourth-order valence-corrected chi connectivity index (χ4v) is 8.75. The van der Waals surface area contributed by atoms with E-state index in [1.54, 1.807) is 0 Å². The molecular formula is C28H38O10. The number of aliphatic hydroxyl groups excluding tert-OH is 1. The number of carbonyl (C=O) groups excluding carboxylic acids is 5. The van der Waals surface area contributed by atoms with Gasteiger partial charge in [-0.15, -0.1) is 0 Å². The SMILES string of the molecule is C=C1C(=O)C23CC1CC(OC(C)=O)C2C1(C)C(O)CC(OC(C)=O)C(C)(C)C1C(OC(C)=O)C3OC(C)=O. The molecule has 1 N–H and O–H groups in total. The molecule has 0 aliphatic heterocycles. The molecule has 10 nitrogen and oxygen atoms in total. The predicted octanol–water partition coefficient (Wildman–Crippen LogP) is 2.29. The van der Waals surface area contributed by atoms with Gasteiger partial charge < -0.3 is 24.1 Å². The van der Waals surface area contributed by atoms with Crippen LogP contribution in [-0.2, 0) is 42.9 Å². The van der Waals surface area contributed by atoms with E-state index < -0.39 is 82.5 Å². The molecule has 210 valence electrons. The zero-order chi connectivity index (χ0) is 28.5.